The topological polar surface area (TPSA) is 64.5 Å². The van der Waals surface area contributed by atoms with Crippen molar-refractivity contribution < 1.29 is 0 Å². The van der Waals surface area contributed by atoms with E-state index in [0.29, 0.717) is 11.6 Å². The molecule has 244 valence electrons. The Kier molecular flexibility index (Phi) is 8.12. The average Bonchev–Trinajstić information content (AvgIpc) is 3.24. The van der Waals surface area contributed by atoms with Gasteiger partial charge in [-0.1, -0.05) is 164 Å². The summed E-state index contributed by atoms with van der Waals surface area (Å²) in [6, 6.07) is 64.0. The minimum Gasteiger partial charge on any atom is -0.244 e. The second kappa shape index (κ2) is 13.7. The highest BCUT2D eigenvalue weighted by atomic mass is 14.9. The van der Waals surface area contributed by atoms with Crippen LogP contribution in [0.1, 0.15) is 0 Å². The van der Waals surface area contributed by atoms with Gasteiger partial charge in [-0.2, -0.15) is 0 Å². The van der Waals surface area contributed by atoms with Gasteiger partial charge in [0.2, 0.25) is 0 Å². The van der Waals surface area contributed by atoms with E-state index in [4.69, 9.17) is 24.9 Å². The second-order valence-electron chi connectivity index (χ2n) is 12.6. The van der Waals surface area contributed by atoms with Crippen molar-refractivity contribution in [3.05, 3.63) is 188 Å². The molecule has 0 spiro atoms. The summed E-state index contributed by atoms with van der Waals surface area (Å²) in [5, 5.41) is 1.08. The lowest BCUT2D eigenvalue weighted by atomic mass is 10.0. The lowest BCUT2D eigenvalue weighted by Crippen LogP contribution is -1.97. The van der Waals surface area contributed by atoms with E-state index in [0.717, 1.165) is 78.3 Å². The summed E-state index contributed by atoms with van der Waals surface area (Å²) in [5.74, 6) is 1.28. The zero-order chi connectivity index (χ0) is 34.7. The van der Waals surface area contributed by atoms with Gasteiger partial charge in [-0.25, -0.2) is 24.9 Å². The maximum atomic E-state index is 5.02. The Morgan fingerprint density at radius 2 is 0.615 bits per heavy atom. The molecule has 6 aromatic carbocycles. The first-order valence-electron chi connectivity index (χ1n) is 17.3. The van der Waals surface area contributed by atoms with Gasteiger partial charge in [0.15, 0.2) is 11.6 Å². The molecular formula is C47H31N5. The monoisotopic (exact) mass is 665 g/mol. The molecule has 5 heteroatoms. The number of rotatable bonds is 7. The molecule has 0 aliphatic carbocycles. The quantitative estimate of drug-likeness (QED) is 0.169. The van der Waals surface area contributed by atoms with Crippen LogP contribution in [0, 0.1) is 0 Å². The lowest BCUT2D eigenvalue weighted by Gasteiger charge is -2.11. The Balaban J connectivity index is 1.04. The van der Waals surface area contributed by atoms with Crippen molar-refractivity contribution in [2.24, 2.45) is 0 Å². The number of aromatic nitrogens is 5. The van der Waals surface area contributed by atoms with E-state index in [-0.39, 0.29) is 0 Å². The summed E-state index contributed by atoms with van der Waals surface area (Å²) in [5.41, 5.74) is 12.4. The maximum Gasteiger partial charge on any atom is 0.179 e. The molecule has 0 amide bonds. The van der Waals surface area contributed by atoms with Crippen molar-refractivity contribution in [2.45, 2.75) is 0 Å². The standard InChI is InChI=1S/C47H31N5/c1-4-12-34(13-5-1)42-30-43(35-14-6-2-7-15-35)50-46(49-42)39-26-22-33(23-27-39)32-20-24-38(25-21-32)45-31-44(36-16-8-3-9-17-36)51-47(52-45)41-29-28-37-18-10-11-19-40(37)48-41/h1-31H. The Labute approximate surface area is 302 Å². The summed E-state index contributed by atoms with van der Waals surface area (Å²) in [6.07, 6.45) is 0. The highest BCUT2D eigenvalue weighted by molar-refractivity contribution is 5.82. The van der Waals surface area contributed by atoms with Crippen LogP contribution >= 0.6 is 0 Å². The number of hydrogen-bond acceptors (Lipinski definition) is 5. The first-order valence-corrected chi connectivity index (χ1v) is 17.3. The number of fused-ring (bicyclic) bond motifs is 1. The van der Waals surface area contributed by atoms with E-state index >= 15 is 0 Å². The van der Waals surface area contributed by atoms with Crippen LogP contribution in [-0.2, 0) is 0 Å². The van der Waals surface area contributed by atoms with E-state index in [9.17, 15) is 0 Å². The van der Waals surface area contributed by atoms with E-state index < -0.39 is 0 Å². The lowest BCUT2D eigenvalue weighted by molar-refractivity contribution is 1.16. The molecule has 5 nitrogen and oxygen atoms in total. The summed E-state index contributed by atoms with van der Waals surface area (Å²) in [6.45, 7) is 0. The van der Waals surface area contributed by atoms with Gasteiger partial charge in [0.25, 0.3) is 0 Å². The van der Waals surface area contributed by atoms with Crippen molar-refractivity contribution in [1.29, 1.82) is 0 Å². The minimum atomic E-state index is 0.593. The zero-order valence-corrected chi connectivity index (χ0v) is 28.1. The first-order chi connectivity index (χ1) is 25.7. The van der Waals surface area contributed by atoms with E-state index in [1.807, 2.05) is 78.9 Å². The molecule has 0 aliphatic rings. The van der Waals surface area contributed by atoms with Crippen molar-refractivity contribution in [3.63, 3.8) is 0 Å². The molecule has 0 atom stereocenters. The van der Waals surface area contributed by atoms with Gasteiger partial charge in [0.1, 0.15) is 5.69 Å². The van der Waals surface area contributed by atoms with Gasteiger partial charge in [-0.15, -0.1) is 0 Å². The normalized spacial score (nSPS) is 11.1. The van der Waals surface area contributed by atoms with Gasteiger partial charge in [-0.3, -0.25) is 0 Å². The predicted octanol–water partition coefficient (Wildman–Crippen LogP) is 11.5. The third-order valence-corrected chi connectivity index (χ3v) is 9.15. The Morgan fingerprint density at radius 1 is 0.231 bits per heavy atom. The molecule has 0 saturated carbocycles. The molecule has 0 unspecified atom stereocenters. The number of nitrogens with zero attached hydrogens (tertiary/aromatic N) is 5. The third kappa shape index (κ3) is 6.35. The van der Waals surface area contributed by atoms with Crippen molar-refractivity contribution in [2.75, 3.05) is 0 Å². The Morgan fingerprint density at radius 3 is 1.12 bits per heavy atom. The molecule has 0 fully saturated rings. The van der Waals surface area contributed by atoms with E-state index in [1.165, 1.54) is 0 Å². The van der Waals surface area contributed by atoms with Gasteiger partial charge in [0, 0.05) is 33.2 Å². The summed E-state index contributed by atoms with van der Waals surface area (Å²) < 4.78 is 0. The Bertz CT molecular complexity index is 2580. The van der Waals surface area contributed by atoms with Gasteiger partial charge >= 0.3 is 0 Å². The van der Waals surface area contributed by atoms with Crippen LogP contribution in [0.2, 0.25) is 0 Å². The molecule has 52 heavy (non-hydrogen) atoms. The summed E-state index contributed by atoms with van der Waals surface area (Å²) >= 11 is 0. The van der Waals surface area contributed by atoms with Gasteiger partial charge in [0.05, 0.1) is 28.3 Å². The molecule has 9 rings (SSSR count). The fraction of sp³-hybridized carbons (Fsp3) is 0. The molecule has 0 radical (unpaired) electrons. The fourth-order valence-corrected chi connectivity index (χ4v) is 6.39. The second-order valence-corrected chi connectivity index (χ2v) is 12.6. The zero-order valence-electron chi connectivity index (χ0n) is 28.1. The van der Waals surface area contributed by atoms with Crippen molar-refractivity contribution in [3.8, 4) is 79.1 Å². The number of benzene rings is 6. The summed E-state index contributed by atoms with van der Waals surface area (Å²) in [7, 11) is 0. The molecule has 9 aromatic rings. The van der Waals surface area contributed by atoms with Crippen molar-refractivity contribution in [1.82, 2.24) is 24.9 Å². The average molecular weight is 666 g/mol. The van der Waals surface area contributed by atoms with Crippen LogP contribution in [0.15, 0.2) is 188 Å². The highest BCUT2D eigenvalue weighted by Gasteiger charge is 2.14. The van der Waals surface area contributed by atoms with Gasteiger partial charge < -0.3 is 0 Å². The molecular weight excluding hydrogens is 635 g/mol. The number of hydrogen-bond donors (Lipinski definition) is 0. The first kappa shape index (κ1) is 30.9. The molecule has 0 bridgehead atoms. The number of pyridine rings is 1. The van der Waals surface area contributed by atoms with Crippen LogP contribution in [-0.4, -0.2) is 24.9 Å². The van der Waals surface area contributed by atoms with Crippen LogP contribution in [0.4, 0.5) is 0 Å². The predicted molar refractivity (Wildman–Crippen MR) is 211 cm³/mol. The smallest absolute Gasteiger partial charge is 0.179 e. The van der Waals surface area contributed by atoms with Gasteiger partial charge in [-0.05, 0) is 35.4 Å². The minimum absolute atomic E-state index is 0.593. The molecule has 3 aromatic heterocycles. The van der Waals surface area contributed by atoms with Crippen LogP contribution in [0.5, 0.6) is 0 Å². The fourth-order valence-electron chi connectivity index (χ4n) is 6.39. The van der Waals surface area contributed by atoms with Crippen molar-refractivity contribution >= 4 is 10.9 Å². The maximum absolute atomic E-state index is 5.02. The number of para-hydroxylation sites is 1. The van der Waals surface area contributed by atoms with Crippen LogP contribution < -0.4 is 0 Å². The summed E-state index contributed by atoms with van der Waals surface area (Å²) in [4.78, 5) is 24.9. The third-order valence-electron chi connectivity index (χ3n) is 9.15. The van der Waals surface area contributed by atoms with E-state index in [2.05, 4.69) is 109 Å². The van der Waals surface area contributed by atoms with Crippen LogP contribution in [0.25, 0.3) is 90.0 Å². The molecule has 0 N–H and O–H groups in total. The molecule has 0 aliphatic heterocycles. The van der Waals surface area contributed by atoms with Crippen LogP contribution in [0.3, 0.4) is 0 Å². The Hall–Kier alpha value is -7.11. The molecule has 0 saturated heterocycles. The molecule has 3 heterocycles. The largest absolute Gasteiger partial charge is 0.244 e. The SMILES string of the molecule is c1ccc(-c2cc(-c3ccccc3)nc(-c3ccc(-c4ccc(-c5cc(-c6ccccc6)nc(-c6ccc7ccccc7n6)n5)cc4)cc3)n2)cc1. The van der Waals surface area contributed by atoms with E-state index in [1.54, 1.807) is 0 Å². The highest BCUT2D eigenvalue weighted by Crippen LogP contribution is 2.32.